The van der Waals surface area contributed by atoms with Gasteiger partial charge in [0.25, 0.3) is 0 Å². The monoisotopic (exact) mass is 353 g/mol. The van der Waals surface area contributed by atoms with Gasteiger partial charge in [0.05, 0.1) is 18.1 Å². The first-order valence-electron chi connectivity index (χ1n) is 8.80. The predicted molar refractivity (Wildman–Crippen MR) is 98.4 cm³/mol. The maximum atomic E-state index is 13.0. The number of hydrogen-bond donors (Lipinski definition) is 2. The number of ether oxygens (including phenoxy) is 1. The Morgan fingerprint density at radius 2 is 1.65 bits per heavy atom. The van der Waals surface area contributed by atoms with Crippen LogP contribution in [-0.4, -0.2) is 24.1 Å². The Kier molecular flexibility index (Phi) is 5.26. The number of carboxylic acids is 1. The average Bonchev–Trinajstić information content (AvgIpc) is 3.17. The molecule has 0 aliphatic heterocycles. The molecule has 0 spiro atoms. The molecule has 0 unspecified atom stereocenters. The summed E-state index contributed by atoms with van der Waals surface area (Å²) in [5.41, 5.74) is 1.65. The normalized spacial score (nSPS) is 15.4. The number of methoxy groups -OCH3 is 1. The zero-order valence-electron chi connectivity index (χ0n) is 14.8. The molecule has 1 aliphatic carbocycles. The summed E-state index contributed by atoms with van der Waals surface area (Å²) in [6, 6.07) is 14.3. The molecule has 136 valence electrons. The molecule has 5 heteroatoms. The van der Waals surface area contributed by atoms with Gasteiger partial charge < -0.3 is 15.2 Å². The minimum absolute atomic E-state index is 0.0301. The summed E-state index contributed by atoms with van der Waals surface area (Å²) in [7, 11) is 1.63. The summed E-state index contributed by atoms with van der Waals surface area (Å²) < 4.78 is 5.21. The molecule has 0 heterocycles. The molecule has 0 aromatic heterocycles. The van der Waals surface area contributed by atoms with Gasteiger partial charge >= 0.3 is 5.97 Å². The van der Waals surface area contributed by atoms with Crippen LogP contribution in [0, 0.1) is 0 Å². The zero-order valence-corrected chi connectivity index (χ0v) is 14.8. The van der Waals surface area contributed by atoms with Gasteiger partial charge in [0, 0.05) is 6.54 Å². The Morgan fingerprint density at radius 3 is 2.19 bits per heavy atom. The predicted octanol–water partition coefficient (Wildman–Crippen LogP) is 3.52. The maximum Gasteiger partial charge on any atom is 0.335 e. The van der Waals surface area contributed by atoms with Crippen molar-refractivity contribution >= 4 is 11.9 Å². The fraction of sp³-hybridized carbons (Fsp3) is 0.333. The van der Waals surface area contributed by atoms with Crippen LogP contribution in [0.4, 0.5) is 0 Å². The Hall–Kier alpha value is -2.82. The Balaban J connectivity index is 1.73. The lowest BCUT2D eigenvalue weighted by molar-refractivity contribution is -0.126. The molecular formula is C21H23NO4. The van der Waals surface area contributed by atoms with Gasteiger partial charge in [0.1, 0.15) is 5.75 Å². The van der Waals surface area contributed by atoms with Crippen molar-refractivity contribution in [3.8, 4) is 5.75 Å². The highest BCUT2D eigenvalue weighted by Gasteiger charge is 2.42. The van der Waals surface area contributed by atoms with Gasteiger partial charge in [-0.25, -0.2) is 4.79 Å². The van der Waals surface area contributed by atoms with Gasteiger partial charge in [0.15, 0.2) is 0 Å². The van der Waals surface area contributed by atoms with Crippen LogP contribution in [0.3, 0.4) is 0 Å². The fourth-order valence-electron chi connectivity index (χ4n) is 3.65. The standard InChI is InChI=1S/C21H23NO4/c1-26-18-10-8-17(9-11-18)21(12-2-3-13-21)20(25)22-14-15-4-6-16(7-5-15)19(23)24/h4-11H,2-3,12-14H2,1H3,(H,22,25)(H,23,24). The molecule has 0 saturated heterocycles. The number of carbonyl (C=O) groups is 2. The molecular weight excluding hydrogens is 330 g/mol. The summed E-state index contributed by atoms with van der Waals surface area (Å²) >= 11 is 0. The minimum atomic E-state index is -0.954. The van der Waals surface area contributed by atoms with Gasteiger partial charge in [-0.2, -0.15) is 0 Å². The van der Waals surface area contributed by atoms with E-state index >= 15 is 0 Å². The van der Waals surface area contributed by atoms with Gasteiger partial charge in [0.2, 0.25) is 5.91 Å². The van der Waals surface area contributed by atoms with E-state index in [9.17, 15) is 9.59 Å². The quantitative estimate of drug-likeness (QED) is 0.833. The van der Waals surface area contributed by atoms with E-state index in [1.165, 1.54) is 0 Å². The van der Waals surface area contributed by atoms with Gasteiger partial charge in [-0.15, -0.1) is 0 Å². The van der Waals surface area contributed by atoms with Crippen molar-refractivity contribution in [3.05, 3.63) is 65.2 Å². The van der Waals surface area contributed by atoms with E-state index in [0.29, 0.717) is 6.54 Å². The highest BCUT2D eigenvalue weighted by atomic mass is 16.5. The number of carbonyl (C=O) groups excluding carboxylic acids is 1. The Labute approximate surface area is 153 Å². The average molecular weight is 353 g/mol. The highest BCUT2D eigenvalue weighted by molar-refractivity contribution is 5.89. The number of hydrogen-bond acceptors (Lipinski definition) is 3. The second-order valence-corrected chi connectivity index (χ2v) is 6.70. The van der Waals surface area contributed by atoms with Gasteiger partial charge in [-0.3, -0.25) is 4.79 Å². The molecule has 1 fully saturated rings. The van der Waals surface area contributed by atoms with Crippen LogP contribution < -0.4 is 10.1 Å². The zero-order chi connectivity index (χ0) is 18.6. The first-order valence-corrected chi connectivity index (χ1v) is 8.80. The topological polar surface area (TPSA) is 75.6 Å². The molecule has 1 saturated carbocycles. The third-order valence-electron chi connectivity index (χ3n) is 5.19. The summed E-state index contributed by atoms with van der Waals surface area (Å²) in [5, 5.41) is 12.0. The van der Waals surface area contributed by atoms with E-state index in [4.69, 9.17) is 9.84 Å². The van der Waals surface area contributed by atoms with Crippen molar-refractivity contribution < 1.29 is 19.4 Å². The number of benzene rings is 2. The Bertz CT molecular complexity index is 775. The van der Waals surface area contributed by atoms with E-state index in [2.05, 4.69) is 5.32 Å². The number of carboxylic acid groups (broad SMARTS) is 1. The molecule has 0 radical (unpaired) electrons. The summed E-state index contributed by atoms with van der Waals surface area (Å²) in [4.78, 5) is 24.0. The molecule has 0 bridgehead atoms. The van der Waals surface area contributed by atoms with Crippen molar-refractivity contribution in [2.45, 2.75) is 37.6 Å². The van der Waals surface area contributed by atoms with Crippen LogP contribution >= 0.6 is 0 Å². The molecule has 3 rings (SSSR count). The third-order valence-corrected chi connectivity index (χ3v) is 5.19. The molecule has 1 aliphatic rings. The van der Waals surface area contributed by atoms with Crippen molar-refractivity contribution in [2.24, 2.45) is 0 Å². The molecule has 2 aromatic carbocycles. The van der Waals surface area contributed by atoms with Crippen molar-refractivity contribution in [1.29, 1.82) is 0 Å². The molecule has 26 heavy (non-hydrogen) atoms. The number of amides is 1. The minimum Gasteiger partial charge on any atom is -0.497 e. The van der Waals surface area contributed by atoms with E-state index in [1.807, 2.05) is 24.3 Å². The van der Waals surface area contributed by atoms with Gasteiger partial charge in [-0.05, 0) is 48.2 Å². The van der Waals surface area contributed by atoms with Crippen molar-refractivity contribution in [2.75, 3.05) is 7.11 Å². The van der Waals surface area contributed by atoms with E-state index in [1.54, 1.807) is 31.4 Å². The first kappa shape index (κ1) is 18.0. The van der Waals surface area contributed by atoms with E-state index in [-0.39, 0.29) is 11.5 Å². The highest BCUT2D eigenvalue weighted by Crippen LogP contribution is 2.41. The van der Waals surface area contributed by atoms with Crippen molar-refractivity contribution in [1.82, 2.24) is 5.32 Å². The van der Waals surface area contributed by atoms with Gasteiger partial charge in [-0.1, -0.05) is 37.1 Å². The largest absolute Gasteiger partial charge is 0.497 e. The molecule has 5 nitrogen and oxygen atoms in total. The van der Waals surface area contributed by atoms with Crippen LogP contribution in [-0.2, 0) is 16.8 Å². The first-order chi connectivity index (χ1) is 12.5. The molecule has 0 atom stereocenters. The van der Waals surface area contributed by atoms with E-state index < -0.39 is 11.4 Å². The SMILES string of the molecule is COc1ccc(C2(C(=O)NCc3ccc(C(=O)O)cc3)CCCC2)cc1. The van der Waals surface area contributed by atoms with Crippen LogP contribution in [0.5, 0.6) is 5.75 Å². The summed E-state index contributed by atoms with van der Waals surface area (Å²) in [6.45, 7) is 0.386. The number of nitrogens with one attached hydrogen (secondary N) is 1. The smallest absolute Gasteiger partial charge is 0.335 e. The van der Waals surface area contributed by atoms with Crippen LogP contribution in [0.1, 0.15) is 47.2 Å². The lowest BCUT2D eigenvalue weighted by Crippen LogP contribution is -2.42. The lowest BCUT2D eigenvalue weighted by atomic mass is 9.78. The van der Waals surface area contributed by atoms with Crippen LogP contribution in [0.15, 0.2) is 48.5 Å². The third kappa shape index (κ3) is 3.57. The lowest BCUT2D eigenvalue weighted by Gasteiger charge is -2.28. The summed E-state index contributed by atoms with van der Waals surface area (Å²) in [6.07, 6.45) is 3.74. The van der Waals surface area contributed by atoms with Crippen molar-refractivity contribution in [3.63, 3.8) is 0 Å². The van der Waals surface area contributed by atoms with Crippen LogP contribution in [0.25, 0.3) is 0 Å². The maximum absolute atomic E-state index is 13.0. The fourth-order valence-corrected chi connectivity index (χ4v) is 3.65. The molecule has 2 aromatic rings. The number of rotatable bonds is 6. The van der Waals surface area contributed by atoms with E-state index in [0.717, 1.165) is 42.6 Å². The number of aromatic carboxylic acids is 1. The van der Waals surface area contributed by atoms with Crippen LogP contribution in [0.2, 0.25) is 0 Å². The second kappa shape index (κ2) is 7.60. The summed E-state index contributed by atoms with van der Waals surface area (Å²) in [5.74, 6) is -0.145. The Morgan fingerprint density at radius 1 is 1.04 bits per heavy atom. The second-order valence-electron chi connectivity index (χ2n) is 6.70. The molecule has 1 amide bonds. The molecule has 2 N–H and O–H groups in total.